The summed E-state index contributed by atoms with van der Waals surface area (Å²) in [5.74, 6) is 2.16. The number of hydrogen-bond acceptors (Lipinski definition) is 1. The third kappa shape index (κ3) is 1.65. The van der Waals surface area contributed by atoms with Crippen molar-refractivity contribution in [3.63, 3.8) is 0 Å². The fourth-order valence-electron chi connectivity index (χ4n) is 2.45. The van der Waals surface area contributed by atoms with Crippen LogP contribution in [0, 0.1) is 17.8 Å². The first-order chi connectivity index (χ1) is 6.61. The Morgan fingerprint density at radius 3 is 2.14 bits per heavy atom. The zero-order valence-corrected chi connectivity index (χ0v) is 9.80. The Bertz CT molecular complexity index is 290. The van der Waals surface area contributed by atoms with Gasteiger partial charge in [0.1, 0.15) is 0 Å². The second kappa shape index (κ2) is 3.52. The summed E-state index contributed by atoms with van der Waals surface area (Å²) in [6.45, 7) is 10.1. The van der Waals surface area contributed by atoms with Gasteiger partial charge in [0.05, 0.1) is 6.54 Å². The highest BCUT2D eigenvalue weighted by molar-refractivity contribution is 6.04. The lowest BCUT2D eigenvalue weighted by Crippen LogP contribution is -2.13. The summed E-state index contributed by atoms with van der Waals surface area (Å²) < 4.78 is 0. The largest absolute Gasteiger partial charge is 0.285 e. The first-order valence-corrected chi connectivity index (χ1v) is 5.89. The van der Waals surface area contributed by atoms with E-state index in [1.807, 2.05) is 0 Å². The topological polar surface area (TPSA) is 12.4 Å². The maximum absolute atomic E-state index is 4.72. The maximum Gasteiger partial charge on any atom is 0.0612 e. The summed E-state index contributed by atoms with van der Waals surface area (Å²) in [5.41, 5.74) is 4.66. The maximum atomic E-state index is 4.72. The van der Waals surface area contributed by atoms with Gasteiger partial charge in [0, 0.05) is 5.71 Å². The van der Waals surface area contributed by atoms with Crippen LogP contribution in [0.1, 0.15) is 40.5 Å². The molecular weight excluding hydrogens is 170 g/mol. The van der Waals surface area contributed by atoms with Gasteiger partial charge in [-0.25, -0.2) is 0 Å². The van der Waals surface area contributed by atoms with E-state index in [9.17, 15) is 0 Å². The lowest BCUT2D eigenvalue weighted by Gasteiger charge is -2.15. The number of allylic oxidation sites excluding steroid dienone is 1. The van der Waals surface area contributed by atoms with Crippen LogP contribution in [0.5, 0.6) is 0 Å². The van der Waals surface area contributed by atoms with Gasteiger partial charge in [-0.1, -0.05) is 27.7 Å². The minimum atomic E-state index is 0.601. The molecule has 0 aromatic carbocycles. The van der Waals surface area contributed by atoms with Gasteiger partial charge in [0.15, 0.2) is 0 Å². The lowest BCUT2D eigenvalue weighted by molar-refractivity contribution is 0.761. The molecular formula is C13H21N. The zero-order chi connectivity index (χ0) is 10.3. The summed E-state index contributed by atoms with van der Waals surface area (Å²) >= 11 is 0. The molecule has 0 aromatic rings. The predicted molar refractivity (Wildman–Crippen MR) is 61.7 cm³/mol. The molecule has 1 saturated carbocycles. The molecule has 0 bridgehead atoms. The summed E-state index contributed by atoms with van der Waals surface area (Å²) in [6.07, 6.45) is 2.82. The Labute approximate surface area is 87.3 Å². The van der Waals surface area contributed by atoms with Crippen LogP contribution in [0.15, 0.2) is 16.1 Å². The van der Waals surface area contributed by atoms with E-state index in [2.05, 4.69) is 27.7 Å². The SMILES string of the molecule is CC(C)C1=NCC(C2CC2)=C1C(C)C. The summed E-state index contributed by atoms with van der Waals surface area (Å²) in [5, 5.41) is 0. The fraction of sp³-hybridized carbons (Fsp3) is 0.769. The molecule has 1 heterocycles. The van der Waals surface area contributed by atoms with E-state index in [1.54, 1.807) is 11.1 Å². The van der Waals surface area contributed by atoms with Crippen molar-refractivity contribution in [1.82, 2.24) is 0 Å². The van der Waals surface area contributed by atoms with Crippen LogP contribution >= 0.6 is 0 Å². The van der Waals surface area contributed by atoms with Crippen molar-refractivity contribution in [2.75, 3.05) is 6.54 Å². The normalized spacial score (nSPS) is 22.6. The molecule has 2 rings (SSSR count). The van der Waals surface area contributed by atoms with E-state index in [0.29, 0.717) is 11.8 Å². The Hall–Kier alpha value is -0.590. The van der Waals surface area contributed by atoms with E-state index >= 15 is 0 Å². The van der Waals surface area contributed by atoms with Crippen molar-refractivity contribution in [2.24, 2.45) is 22.7 Å². The van der Waals surface area contributed by atoms with E-state index < -0.39 is 0 Å². The van der Waals surface area contributed by atoms with Gasteiger partial charge in [-0.3, -0.25) is 4.99 Å². The standard InChI is InChI=1S/C13H21N/c1-8(2)12-11(10-5-6-10)7-14-13(12)9(3)4/h8-10H,5-7H2,1-4H3. The van der Waals surface area contributed by atoms with Gasteiger partial charge in [-0.15, -0.1) is 0 Å². The summed E-state index contributed by atoms with van der Waals surface area (Å²) in [6, 6.07) is 0. The van der Waals surface area contributed by atoms with Crippen LogP contribution in [-0.4, -0.2) is 12.3 Å². The van der Waals surface area contributed by atoms with Crippen LogP contribution < -0.4 is 0 Å². The molecule has 0 unspecified atom stereocenters. The van der Waals surface area contributed by atoms with Crippen LogP contribution in [0.4, 0.5) is 0 Å². The van der Waals surface area contributed by atoms with Crippen molar-refractivity contribution in [2.45, 2.75) is 40.5 Å². The second-order valence-corrected chi connectivity index (χ2v) is 5.22. The molecule has 0 saturated heterocycles. The summed E-state index contributed by atoms with van der Waals surface area (Å²) in [4.78, 5) is 4.72. The first kappa shape index (κ1) is 9.95. The van der Waals surface area contributed by atoms with Crippen molar-refractivity contribution in [1.29, 1.82) is 0 Å². The molecule has 1 fully saturated rings. The average molecular weight is 191 g/mol. The van der Waals surface area contributed by atoms with Gasteiger partial charge < -0.3 is 0 Å². The molecule has 0 radical (unpaired) electrons. The van der Waals surface area contributed by atoms with Gasteiger partial charge in [0.2, 0.25) is 0 Å². The van der Waals surface area contributed by atoms with E-state index in [1.165, 1.54) is 18.6 Å². The van der Waals surface area contributed by atoms with Crippen molar-refractivity contribution in [3.05, 3.63) is 11.1 Å². The number of rotatable bonds is 3. The smallest absolute Gasteiger partial charge is 0.0612 e. The lowest BCUT2D eigenvalue weighted by atomic mass is 9.88. The third-order valence-electron chi connectivity index (χ3n) is 3.24. The average Bonchev–Trinajstić information content (AvgIpc) is 2.83. The molecule has 1 aliphatic carbocycles. The number of aliphatic imine (C=N–C) groups is 1. The van der Waals surface area contributed by atoms with Crippen LogP contribution in [0.3, 0.4) is 0 Å². The zero-order valence-electron chi connectivity index (χ0n) is 9.80. The van der Waals surface area contributed by atoms with Gasteiger partial charge >= 0.3 is 0 Å². The molecule has 14 heavy (non-hydrogen) atoms. The fourth-order valence-corrected chi connectivity index (χ4v) is 2.45. The summed E-state index contributed by atoms with van der Waals surface area (Å²) in [7, 11) is 0. The highest BCUT2D eigenvalue weighted by atomic mass is 14.8. The minimum absolute atomic E-state index is 0.601. The van der Waals surface area contributed by atoms with Gasteiger partial charge in [0.25, 0.3) is 0 Å². The number of nitrogens with zero attached hydrogens (tertiary/aromatic N) is 1. The molecule has 1 heteroatoms. The molecule has 0 amide bonds. The molecule has 1 nitrogen and oxygen atoms in total. The Balaban J connectivity index is 2.29. The number of hydrogen-bond donors (Lipinski definition) is 0. The van der Waals surface area contributed by atoms with Gasteiger partial charge in [-0.2, -0.15) is 0 Å². The minimum Gasteiger partial charge on any atom is -0.285 e. The molecule has 0 aromatic heterocycles. The van der Waals surface area contributed by atoms with Crippen LogP contribution in [0.25, 0.3) is 0 Å². The quantitative estimate of drug-likeness (QED) is 0.648. The van der Waals surface area contributed by atoms with Crippen molar-refractivity contribution < 1.29 is 0 Å². The first-order valence-electron chi connectivity index (χ1n) is 5.89. The van der Waals surface area contributed by atoms with Crippen molar-refractivity contribution in [3.8, 4) is 0 Å². The molecule has 0 spiro atoms. The monoisotopic (exact) mass is 191 g/mol. The molecule has 0 atom stereocenters. The van der Waals surface area contributed by atoms with Crippen LogP contribution in [0.2, 0.25) is 0 Å². The predicted octanol–water partition coefficient (Wildman–Crippen LogP) is 3.46. The Morgan fingerprint density at radius 2 is 1.71 bits per heavy atom. The molecule has 0 N–H and O–H groups in total. The van der Waals surface area contributed by atoms with Crippen LogP contribution in [-0.2, 0) is 0 Å². The molecule has 2 aliphatic rings. The molecule has 1 aliphatic heterocycles. The highest BCUT2D eigenvalue weighted by Gasteiger charge is 2.33. The van der Waals surface area contributed by atoms with Crippen molar-refractivity contribution >= 4 is 5.71 Å². The Morgan fingerprint density at radius 1 is 1.07 bits per heavy atom. The van der Waals surface area contributed by atoms with E-state index in [4.69, 9.17) is 4.99 Å². The molecule has 78 valence electrons. The van der Waals surface area contributed by atoms with E-state index in [-0.39, 0.29) is 0 Å². The van der Waals surface area contributed by atoms with E-state index in [0.717, 1.165) is 12.5 Å². The van der Waals surface area contributed by atoms with Gasteiger partial charge in [-0.05, 0) is 41.7 Å². The Kier molecular flexibility index (Phi) is 2.50. The highest BCUT2D eigenvalue weighted by Crippen LogP contribution is 2.42. The third-order valence-corrected chi connectivity index (χ3v) is 3.24. The second-order valence-electron chi connectivity index (χ2n) is 5.22.